The minimum atomic E-state index is 0.283. The number of hydrogen-bond donors (Lipinski definition) is 0. The molecule has 5 heteroatoms. The van der Waals surface area contributed by atoms with Crippen molar-refractivity contribution in [3.8, 4) is 0 Å². The zero-order valence-corrected chi connectivity index (χ0v) is 14.2. The third-order valence-corrected chi connectivity index (χ3v) is 6.76. The van der Waals surface area contributed by atoms with Crippen molar-refractivity contribution in [2.45, 2.75) is 31.8 Å². The van der Waals surface area contributed by atoms with Crippen molar-refractivity contribution in [2.75, 3.05) is 50.8 Å². The van der Waals surface area contributed by atoms with Gasteiger partial charge in [-0.1, -0.05) is 0 Å². The van der Waals surface area contributed by atoms with Gasteiger partial charge in [-0.25, -0.2) is 0 Å². The van der Waals surface area contributed by atoms with Gasteiger partial charge < -0.3 is 14.5 Å². The number of nitrogens with zero attached hydrogens (tertiary/aromatic N) is 2. The van der Waals surface area contributed by atoms with Gasteiger partial charge in [0.2, 0.25) is 5.91 Å². The van der Waals surface area contributed by atoms with Crippen LogP contribution in [0.3, 0.4) is 0 Å². The predicted molar refractivity (Wildman–Crippen MR) is 89.0 cm³/mol. The molecule has 0 aromatic carbocycles. The van der Waals surface area contributed by atoms with Crippen LogP contribution in [0.15, 0.2) is 0 Å². The maximum atomic E-state index is 12.7. The SMILES string of the molecule is O=C(C1CCSCC1)N1C[C@H]2CN(CC3CC3)CCO[C@H]2C1. The quantitative estimate of drug-likeness (QED) is 0.791. The van der Waals surface area contributed by atoms with Crippen LogP contribution in [0, 0.1) is 17.8 Å². The standard InChI is InChI=1S/C17H28N2O2S/c20-17(14-3-7-22-8-4-14)19-11-15-10-18(9-13-1-2-13)5-6-21-16(15)12-19/h13-16H,1-12H2/t15-,16+/m1/s1. The summed E-state index contributed by atoms with van der Waals surface area (Å²) in [6, 6.07) is 0. The van der Waals surface area contributed by atoms with Crippen LogP contribution in [-0.2, 0) is 9.53 Å². The van der Waals surface area contributed by atoms with Gasteiger partial charge >= 0.3 is 0 Å². The number of amides is 1. The van der Waals surface area contributed by atoms with Crippen LogP contribution in [0.5, 0.6) is 0 Å². The van der Waals surface area contributed by atoms with Gasteiger partial charge in [0.1, 0.15) is 0 Å². The van der Waals surface area contributed by atoms with E-state index in [1.165, 1.54) is 19.4 Å². The molecule has 4 nitrogen and oxygen atoms in total. The number of ether oxygens (including phenoxy) is 1. The fraction of sp³-hybridized carbons (Fsp3) is 0.941. The molecular weight excluding hydrogens is 296 g/mol. The highest BCUT2D eigenvalue weighted by Crippen LogP contribution is 2.32. The van der Waals surface area contributed by atoms with E-state index in [-0.39, 0.29) is 12.0 Å². The van der Waals surface area contributed by atoms with Gasteiger partial charge in [0.25, 0.3) is 0 Å². The average Bonchev–Trinajstić information content (AvgIpc) is 3.31. The molecular formula is C17H28N2O2S. The summed E-state index contributed by atoms with van der Waals surface area (Å²) in [5.74, 6) is 4.47. The molecule has 3 aliphatic heterocycles. The molecule has 124 valence electrons. The summed E-state index contributed by atoms with van der Waals surface area (Å²) in [7, 11) is 0. The van der Waals surface area contributed by atoms with E-state index in [0.717, 1.165) is 63.1 Å². The maximum absolute atomic E-state index is 12.7. The van der Waals surface area contributed by atoms with E-state index in [9.17, 15) is 4.79 Å². The first-order valence-electron chi connectivity index (χ1n) is 9.00. The Labute approximate surface area is 137 Å². The third kappa shape index (κ3) is 3.46. The largest absolute Gasteiger partial charge is 0.375 e. The predicted octanol–water partition coefficient (Wildman–Crippen LogP) is 1.70. The Morgan fingerprint density at radius 3 is 2.68 bits per heavy atom. The minimum Gasteiger partial charge on any atom is -0.375 e. The van der Waals surface area contributed by atoms with E-state index in [1.807, 2.05) is 11.8 Å². The van der Waals surface area contributed by atoms with E-state index >= 15 is 0 Å². The summed E-state index contributed by atoms with van der Waals surface area (Å²) in [6.45, 7) is 6.07. The van der Waals surface area contributed by atoms with Crippen molar-refractivity contribution in [3.05, 3.63) is 0 Å². The van der Waals surface area contributed by atoms with Gasteiger partial charge in [-0.05, 0) is 43.1 Å². The van der Waals surface area contributed by atoms with Crippen LogP contribution >= 0.6 is 11.8 Å². The van der Waals surface area contributed by atoms with Gasteiger partial charge in [-0.2, -0.15) is 11.8 Å². The molecule has 0 bridgehead atoms. The summed E-state index contributed by atoms with van der Waals surface area (Å²) in [5.41, 5.74) is 0. The molecule has 4 rings (SSSR count). The Hall–Kier alpha value is -0.260. The number of rotatable bonds is 3. The molecule has 1 saturated carbocycles. The number of hydrogen-bond acceptors (Lipinski definition) is 4. The van der Waals surface area contributed by atoms with Crippen molar-refractivity contribution in [3.63, 3.8) is 0 Å². The number of likely N-dealkylation sites (tertiary alicyclic amines) is 1. The summed E-state index contributed by atoms with van der Waals surface area (Å²) in [4.78, 5) is 17.5. The molecule has 1 amide bonds. The molecule has 1 aliphatic carbocycles. The second-order valence-electron chi connectivity index (χ2n) is 7.50. The Bertz CT molecular complexity index is 409. The van der Waals surface area contributed by atoms with Crippen molar-refractivity contribution in [1.82, 2.24) is 9.80 Å². The second kappa shape index (κ2) is 6.70. The van der Waals surface area contributed by atoms with Crippen LogP contribution in [0.1, 0.15) is 25.7 Å². The molecule has 3 saturated heterocycles. The second-order valence-corrected chi connectivity index (χ2v) is 8.73. The van der Waals surface area contributed by atoms with E-state index in [2.05, 4.69) is 9.80 Å². The van der Waals surface area contributed by atoms with E-state index in [4.69, 9.17) is 4.74 Å². The lowest BCUT2D eigenvalue weighted by Gasteiger charge is -2.27. The first kappa shape index (κ1) is 15.3. The average molecular weight is 324 g/mol. The monoisotopic (exact) mass is 324 g/mol. The van der Waals surface area contributed by atoms with Gasteiger partial charge in [0.05, 0.1) is 12.7 Å². The molecule has 22 heavy (non-hydrogen) atoms. The zero-order chi connectivity index (χ0) is 14.9. The van der Waals surface area contributed by atoms with Gasteiger partial charge in [0.15, 0.2) is 0 Å². The Morgan fingerprint density at radius 1 is 1.09 bits per heavy atom. The van der Waals surface area contributed by atoms with Crippen LogP contribution in [0.2, 0.25) is 0 Å². The Morgan fingerprint density at radius 2 is 1.91 bits per heavy atom. The summed E-state index contributed by atoms with van der Waals surface area (Å²) >= 11 is 1.99. The highest BCUT2D eigenvalue weighted by atomic mass is 32.2. The molecule has 0 spiro atoms. The van der Waals surface area contributed by atoms with E-state index in [1.54, 1.807) is 0 Å². The van der Waals surface area contributed by atoms with Gasteiger partial charge in [-0.3, -0.25) is 4.79 Å². The third-order valence-electron chi connectivity index (χ3n) is 5.71. The maximum Gasteiger partial charge on any atom is 0.225 e. The number of thioether (sulfide) groups is 1. The molecule has 0 aromatic heterocycles. The van der Waals surface area contributed by atoms with Gasteiger partial charge in [0, 0.05) is 44.6 Å². The molecule has 0 aromatic rings. The molecule has 4 fully saturated rings. The van der Waals surface area contributed by atoms with Crippen molar-refractivity contribution in [1.29, 1.82) is 0 Å². The molecule has 3 heterocycles. The smallest absolute Gasteiger partial charge is 0.225 e. The molecule has 2 atom stereocenters. The lowest BCUT2D eigenvalue weighted by atomic mass is 10.0. The normalized spacial score (nSPS) is 34.5. The summed E-state index contributed by atoms with van der Waals surface area (Å²) in [6.07, 6.45) is 5.26. The summed E-state index contributed by atoms with van der Waals surface area (Å²) in [5, 5.41) is 0. The lowest BCUT2D eigenvalue weighted by molar-refractivity contribution is -0.135. The molecule has 0 unspecified atom stereocenters. The Balaban J connectivity index is 1.34. The van der Waals surface area contributed by atoms with Crippen molar-refractivity contribution in [2.24, 2.45) is 17.8 Å². The van der Waals surface area contributed by atoms with E-state index < -0.39 is 0 Å². The fourth-order valence-corrected chi connectivity index (χ4v) is 5.28. The van der Waals surface area contributed by atoms with Crippen LogP contribution in [-0.4, -0.2) is 72.6 Å². The number of fused-ring (bicyclic) bond motifs is 1. The number of carbonyl (C=O) groups is 1. The van der Waals surface area contributed by atoms with Crippen LogP contribution in [0.4, 0.5) is 0 Å². The van der Waals surface area contributed by atoms with Crippen LogP contribution in [0.25, 0.3) is 0 Å². The lowest BCUT2D eigenvalue weighted by Crippen LogP contribution is -2.38. The van der Waals surface area contributed by atoms with Gasteiger partial charge in [-0.15, -0.1) is 0 Å². The van der Waals surface area contributed by atoms with Crippen molar-refractivity contribution < 1.29 is 9.53 Å². The van der Waals surface area contributed by atoms with Crippen LogP contribution < -0.4 is 0 Å². The first-order valence-corrected chi connectivity index (χ1v) is 10.2. The van der Waals surface area contributed by atoms with E-state index in [0.29, 0.717) is 11.8 Å². The highest BCUT2D eigenvalue weighted by molar-refractivity contribution is 7.99. The minimum absolute atomic E-state index is 0.283. The van der Waals surface area contributed by atoms with Crippen molar-refractivity contribution >= 4 is 17.7 Å². The molecule has 4 aliphatic rings. The number of carbonyl (C=O) groups excluding carboxylic acids is 1. The molecule has 0 radical (unpaired) electrons. The fourth-order valence-electron chi connectivity index (χ4n) is 4.18. The molecule has 0 N–H and O–H groups in total. The first-order chi connectivity index (χ1) is 10.8. The Kier molecular flexibility index (Phi) is 4.65. The topological polar surface area (TPSA) is 32.8 Å². The summed E-state index contributed by atoms with van der Waals surface area (Å²) < 4.78 is 6.09. The zero-order valence-electron chi connectivity index (χ0n) is 13.4. The highest BCUT2D eigenvalue weighted by Gasteiger charge is 2.40.